The molecule has 1 fully saturated rings. The molecule has 1 aromatic rings. The number of anilines is 1. The SMILES string of the molecule is CCN1CCCC(Nc2c(C)cc(C)cc2Br)CC1. The summed E-state index contributed by atoms with van der Waals surface area (Å²) in [6.07, 6.45) is 3.82. The first-order chi connectivity index (χ1) is 9.10. The molecule has 1 saturated heterocycles. The van der Waals surface area contributed by atoms with Crippen molar-refractivity contribution in [2.24, 2.45) is 0 Å². The highest BCUT2D eigenvalue weighted by Crippen LogP contribution is 2.29. The molecule has 0 bridgehead atoms. The van der Waals surface area contributed by atoms with Crippen molar-refractivity contribution in [2.45, 2.75) is 46.1 Å². The van der Waals surface area contributed by atoms with Gasteiger partial charge in [-0.15, -0.1) is 0 Å². The second-order valence-electron chi connectivity index (χ2n) is 5.65. The zero-order valence-corrected chi connectivity index (χ0v) is 13.9. The van der Waals surface area contributed by atoms with Crippen LogP contribution in [0.3, 0.4) is 0 Å². The Labute approximate surface area is 125 Å². The Bertz CT molecular complexity index is 408. The molecule has 106 valence electrons. The Hall–Kier alpha value is -0.540. The summed E-state index contributed by atoms with van der Waals surface area (Å²) in [6, 6.07) is 5.06. The van der Waals surface area contributed by atoms with E-state index in [2.05, 4.69) is 59.1 Å². The molecular weight excluding hydrogens is 300 g/mol. The Balaban J connectivity index is 2.05. The van der Waals surface area contributed by atoms with E-state index in [1.54, 1.807) is 0 Å². The number of halogens is 1. The third kappa shape index (κ3) is 3.96. The molecule has 1 aromatic carbocycles. The van der Waals surface area contributed by atoms with E-state index in [0.717, 1.165) is 0 Å². The molecule has 3 heteroatoms. The average Bonchev–Trinajstić information content (AvgIpc) is 2.58. The fourth-order valence-corrected chi connectivity index (χ4v) is 3.71. The predicted molar refractivity (Wildman–Crippen MR) is 87.0 cm³/mol. The van der Waals surface area contributed by atoms with Crippen molar-refractivity contribution in [3.8, 4) is 0 Å². The molecule has 0 aliphatic carbocycles. The molecule has 0 aromatic heterocycles. The first-order valence-corrected chi connectivity index (χ1v) is 8.15. The van der Waals surface area contributed by atoms with Gasteiger partial charge in [0.1, 0.15) is 0 Å². The fraction of sp³-hybridized carbons (Fsp3) is 0.625. The van der Waals surface area contributed by atoms with Crippen LogP contribution in [0.15, 0.2) is 16.6 Å². The van der Waals surface area contributed by atoms with Gasteiger partial charge in [-0.2, -0.15) is 0 Å². The first-order valence-electron chi connectivity index (χ1n) is 7.35. The molecule has 19 heavy (non-hydrogen) atoms. The van der Waals surface area contributed by atoms with Crippen LogP contribution < -0.4 is 5.32 Å². The lowest BCUT2D eigenvalue weighted by molar-refractivity contribution is 0.300. The Kier molecular flexibility index (Phi) is 5.28. The molecule has 1 atom stereocenters. The minimum Gasteiger partial charge on any atom is -0.381 e. The van der Waals surface area contributed by atoms with Gasteiger partial charge in [-0.25, -0.2) is 0 Å². The van der Waals surface area contributed by atoms with E-state index in [0.29, 0.717) is 6.04 Å². The Morgan fingerprint density at radius 1 is 1.26 bits per heavy atom. The van der Waals surface area contributed by atoms with Gasteiger partial charge in [0.2, 0.25) is 0 Å². The summed E-state index contributed by atoms with van der Waals surface area (Å²) in [7, 11) is 0. The van der Waals surface area contributed by atoms with Crippen LogP contribution in [-0.2, 0) is 0 Å². The third-order valence-electron chi connectivity index (χ3n) is 4.05. The fourth-order valence-electron chi connectivity index (χ4n) is 2.92. The lowest BCUT2D eigenvalue weighted by Crippen LogP contribution is -2.26. The Morgan fingerprint density at radius 3 is 2.74 bits per heavy atom. The number of rotatable bonds is 3. The van der Waals surface area contributed by atoms with Crippen LogP contribution in [0.4, 0.5) is 5.69 Å². The standard InChI is InChI=1S/C16H25BrN2/c1-4-19-8-5-6-14(7-9-19)18-16-13(3)10-12(2)11-15(16)17/h10-11,14,18H,4-9H2,1-3H3. The summed E-state index contributed by atoms with van der Waals surface area (Å²) in [4.78, 5) is 2.55. The quantitative estimate of drug-likeness (QED) is 0.889. The van der Waals surface area contributed by atoms with Crippen molar-refractivity contribution in [2.75, 3.05) is 25.0 Å². The van der Waals surface area contributed by atoms with Crippen molar-refractivity contribution in [1.29, 1.82) is 0 Å². The first kappa shape index (κ1) is 14.9. The van der Waals surface area contributed by atoms with Crippen LogP contribution >= 0.6 is 15.9 Å². The van der Waals surface area contributed by atoms with Crippen molar-refractivity contribution < 1.29 is 0 Å². The van der Waals surface area contributed by atoms with Gasteiger partial charge < -0.3 is 10.2 Å². The summed E-state index contributed by atoms with van der Waals surface area (Å²) >= 11 is 3.70. The van der Waals surface area contributed by atoms with Crippen LogP contribution in [-0.4, -0.2) is 30.6 Å². The van der Waals surface area contributed by atoms with Crippen molar-refractivity contribution in [3.05, 3.63) is 27.7 Å². The largest absolute Gasteiger partial charge is 0.381 e. The van der Waals surface area contributed by atoms with E-state index in [1.807, 2.05) is 0 Å². The van der Waals surface area contributed by atoms with E-state index in [9.17, 15) is 0 Å². The van der Waals surface area contributed by atoms with Crippen LogP contribution in [0.2, 0.25) is 0 Å². The number of benzene rings is 1. The normalized spacial score (nSPS) is 21.2. The Morgan fingerprint density at radius 2 is 2.05 bits per heavy atom. The highest BCUT2D eigenvalue weighted by molar-refractivity contribution is 9.10. The van der Waals surface area contributed by atoms with E-state index in [4.69, 9.17) is 0 Å². The van der Waals surface area contributed by atoms with Gasteiger partial charge in [-0.1, -0.05) is 13.0 Å². The van der Waals surface area contributed by atoms with E-state index in [-0.39, 0.29) is 0 Å². The number of likely N-dealkylation sites (tertiary alicyclic amines) is 1. The molecule has 1 heterocycles. The molecular formula is C16H25BrN2. The summed E-state index contributed by atoms with van der Waals surface area (Å²) in [6.45, 7) is 10.2. The third-order valence-corrected chi connectivity index (χ3v) is 4.67. The smallest absolute Gasteiger partial charge is 0.0516 e. The minimum absolute atomic E-state index is 0.606. The maximum Gasteiger partial charge on any atom is 0.0516 e. The lowest BCUT2D eigenvalue weighted by Gasteiger charge is -2.21. The van der Waals surface area contributed by atoms with Gasteiger partial charge in [0.15, 0.2) is 0 Å². The monoisotopic (exact) mass is 324 g/mol. The number of nitrogens with zero attached hydrogens (tertiary/aromatic N) is 1. The second-order valence-corrected chi connectivity index (χ2v) is 6.50. The maximum atomic E-state index is 3.76. The minimum atomic E-state index is 0.606. The molecule has 1 aliphatic rings. The van der Waals surface area contributed by atoms with Crippen LogP contribution in [0.1, 0.15) is 37.3 Å². The topological polar surface area (TPSA) is 15.3 Å². The lowest BCUT2D eigenvalue weighted by atomic mass is 10.1. The molecule has 0 amide bonds. The van der Waals surface area contributed by atoms with Gasteiger partial charge in [0.05, 0.1) is 5.69 Å². The van der Waals surface area contributed by atoms with Gasteiger partial charge in [-0.05, 0) is 79.3 Å². The van der Waals surface area contributed by atoms with Crippen molar-refractivity contribution >= 4 is 21.6 Å². The number of hydrogen-bond acceptors (Lipinski definition) is 2. The number of hydrogen-bond donors (Lipinski definition) is 1. The zero-order chi connectivity index (χ0) is 13.8. The molecule has 2 rings (SSSR count). The molecule has 0 saturated carbocycles. The molecule has 0 radical (unpaired) electrons. The zero-order valence-electron chi connectivity index (χ0n) is 12.3. The molecule has 2 nitrogen and oxygen atoms in total. The van der Waals surface area contributed by atoms with Gasteiger partial charge in [-0.3, -0.25) is 0 Å². The number of aryl methyl sites for hydroxylation is 2. The van der Waals surface area contributed by atoms with Gasteiger partial charge in [0.25, 0.3) is 0 Å². The molecule has 1 unspecified atom stereocenters. The van der Waals surface area contributed by atoms with Crippen molar-refractivity contribution in [1.82, 2.24) is 4.90 Å². The summed E-state index contributed by atoms with van der Waals surface area (Å²) in [5.74, 6) is 0. The molecule has 1 aliphatic heterocycles. The van der Waals surface area contributed by atoms with Crippen molar-refractivity contribution in [3.63, 3.8) is 0 Å². The summed E-state index contributed by atoms with van der Waals surface area (Å²) < 4.78 is 1.20. The highest BCUT2D eigenvalue weighted by Gasteiger charge is 2.17. The van der Waals surface area contributed by atoms with Gasteiger partial charge in [0, 0.05) is 17.1 Å². The van der Waals surface area contributed by atoms with E-state index in [1.165, 1.54) is 60.2 Å². The van der Waals surface area contributed by atoms with Crippen LogP contribution in [0.5, 0.6) is 0 Å². The second kappa shape index (κ2) is 6.76. The average molecular weight is 325 g/mol. The maximum absolute atomic E-state index is 3.76. The summed E-state index contributed by atoms with van der Waals surface area (Å²) in [5, 5.41) is 3.76. The molecule has 1 N–H and O–H groups in total. The highest BCUT2D eigenvalue weighted by atomic mass is 79.9. The predicted octanol–water partition coefficient (Wildman–Crippen LogP) is 4.35. The van der Waals surface area contributed by atoms with Gasteiger partial charge >= 0.3 is 0 Å². The van der Waals surface area contributed by atoms with E-state index >= 15 is 0 Å². The van der Waals surface area contributed by atoms with Crippen LogP contribution in [0.25, 0.3) is 0 Å². The number of nitrogens with one attached hydrogen (secondary N) is 1. The molecule has 0 spiro atoms. The van der Waals surface area contributed by atoms with Crippen LogP contribution in [0, 0.1) is 13.8 Å². The summed E-state index contributed by atoms with van der Waals surface area (Å²) in [5.41, 5.74) is 3.93. The van der Waals surface area contributed by atoms with E-state index < -0.39 is 0 Å².